The lowest BCUT2D eigenvalue weighted by atomic mass is 10.1. The van der Waals surface area contributed by atoms with E-state index in [-0.39, 0.29) is 6.54 Å². The summed E-state index contributed by atoms with van der Waals surface area (Å²) < 4.78 is 5.42. The molecule has 1 rings (SSSR count). The summed E-state index contributed by atoms with van der Waals surface area (Å²) in [6, 6.07) is 7.25. The maximum atomic E-state index is 9.46. The van der Waals surface area contributed by atoms with Crippen molar-refractivity contribution in [3.8, 4) is 5.75 Å². The number of nitrogens with two attached hydrogens (primary N) is 1. The maximum Gasteiger partial charge on any atom is 0.119 e. The summed E-state index contributed by atoms with van der Waals surface area (Å²) in [6.45, 7) is 6.40. The van der Waals surface area contributed by atoms with Crippen molar-refractivity contribution in [2.45, 2.75) is 13.0 Å². The first kappa shape index (κ1) is 11.8. The monoisotopic (exact) mass is 207 g/mol. The SMILES string of the molecule is C=C(C)COc1ccc(C(O)CN)cc1. The summed E-state index contributed by atoms with van der Waals surface area (Å²) in [7, 11) is 0. The topological polar surface area (TPSA) is 55.5 Å². The lowest BCUT2D eigenvalue weighted by molar-refractivity contribution is 0.186. The highest BCUT2D eigenvalue weighted by molar-refractivity contribution is 5.28. The minimum atomic E-state index is -0.597. The minimum absolute atomic E-state index is 0.228. The highest BCUT2D eigenvalue weighted by Gasteiger charge is 2.04. The van der Waals surface area contributed by atoms with E-state index < -0.39 is 6.10 Å². The van der Waals surface area contributed by atoms with Gasteiger partial charge in [-0.15, -0.1) is 0 Å². The third-order valence-electron chi connectivity index (χ3n) is 1.97. The average molecular weight is 207 g/mol. The average Bonchev–Trinajstić information content (AvgIpc) is 2.26. The summed E-state index contributed by atoms with van der Waals surface area (Å²) in [4.78, 5) is 0. The van der Waals surface area contributed by atoms with Crippen LogP contribution in [0.1, 0.15) is 18.6 Å². The van der Waals surface area contributed by atoms with Crippen molar-refractivity contribution in [1.82, 2.24) is 0 Å². The van der Waals surface area contributed by atoms with Gasteiger partial charge < -0.3 is 15.6 Å². The minimum Gasteiger partial charge on any atom is -0.489 e. The van der Waals surface area contributed by atoms with Crippen molar-refractivity contribution >= 4 is 0 Å². The van der Waals surface area contributed by atoms with E-state index in [2.05, 4.69) is 6.58 Å². The molecule has 0 fully saturated rings. The van der Waals surface area contributed by atoms with Crippen LogP contribution in [0.2, 0.25) is 0 Å². The fourth-order valence-corrected chi connectivity index (χ4v) is 1.13. The van der Waals surface area contributed by atoms with E-state index in [0.717, 1.165) is 16.9 Å². The zero-order valence-electron chi connectivity index (χ0n) is 8.94. The molecule has 0 radical (unpaired) electrons. The Labute approximate surface area is 90.2 Å². The second-order valence-corrected chi connectivity index (χ2v) is 3.57. The highest BCUT2D eigenvalue weighted by atomic mass is 16.5. The number of ether oxygens (including phenoxy) is 1. The summed E-state index contributed by atoms with van der Waals surface area (Å²) >= 11 is 0. The fraction of sp³-hybridized carbons (Fsp3) is 0.333. The van der Waals surface area contributed by atoms with Gasteiger partial charge in [0.05, 0.1) is 6.10 Å². The molecule has 1 aromatic rings. The number of rotatable bonds is 5. The smallest absolute Gasteiger partial charge is 0.119 e. The van der Waals surface area contributed by atoms with Gasteiger partial charge in [0.15, 0.2) is 0 Å². The van der Waals surface area contributed by atoms with E-state index in [9.17, 15) is 5.11 Å². The molecular formula is C12H17NO2. The molecule has 1 unspecified atom stereocenters. The Hall–Kier alpha value is -1.32. The van der Waals surface area contributed by atoms with Gasteiger partial charge in [-0.1, -0.05) is 18.7 Å². The molecule has 0 saturated heterocycles. The van der Waals surface area contributed by atoms with Crippen molar-refractivity contribution in [3.05, 3.63) is 42.0 Å². The van der Waals surface area contributed by atoms with Crippen LogP contribution in [0.5, 0.6) is 5.75 Å². The molecule has 15 heavy (non-hydrogen) atoms. The number of aliphatic hydroxyl groups excluding tert-OH is 1. The van der Waals surface area contributed by atoms with Crippen LogP contribution in [0, 0.1) is 0 Å². The first-order valence-electron chi connectivity index (χ1n) is 4.88. The van der Waals surface area contributed by atoms with Crippen LogP contribution in [-0.2, 0) is 0 Å². The van der Waals surface area contributed by atoms with Gasteiger partial charge in [0.2, 0.25) is 0 Å². The van der Waals surface area contributed by atoms with Crippen molar-refractivity contribution in [2.24, 2.45) is 5.73 Å². The van der Waals surface area contributed by atoms with E-state index in [1.807, 2.05) is 31.2 Å². The normalized spacial score (nSPS) is 12.2. The Bertz CT molecular complexity index is 319. The molecule has 82 valence electrons. The lowest BCUT2D eigenvalue weighted by Gasteiger charge is -2.09. The Balaban J connectivity index is 2.60. The molecule has 3 N–H and O–H groups in total. The lowest BCUT2D eigenvalue weighted by Crippen LogP contribution is -2.11. The highest BCUT2D eigenvalue weighted by Crippen LogP contribution is 2.17. The van der Waals surface area contributed by atoms with Crippen molar-refractivity contribution in [1.29, 1.82) is 0 Å². The summed E-state index contributed by atoms with van der Waals surface area (Å²) in [5.74, 6) is 0.769. The number of aliphatic hydroxyl groups is 1. The molecule has 0 bridgehead atoms. The first-order chi connectivity index (χ1) is 7.13. The fourth-order valence-electron chi connectivity index (χ4n) is 1.13. The van der Waals surface area contributed by atoms with Crippen molar-refractivity contribution in [3.63, 3.8) is 0 Å². The Kier molecular flexibility index (Phi) is 4.34. The molecule has 0 amide bonds. The molecule has 0 aromatic heterocycles. The molecular weight excluding hydrogens is 190 g/mol. The molecule has 0 saturated carbocycles. The molecule has 1 atom stereocenters. The van der Waals surface area contributed by atoms with Gasteiger partial charge in [-0.25, -0.2) is 0 Å². The quantitative estimate of drug-likeness (QED) is 0.721. The standard InChI is InChI=1S/C12H17NO2/c1-9(2)8-15-11-5-3-10(4-6-11)12(14)7-13/h3-6,12,14H,1,7-8,13H2,2H3. The molecule has 0 spiro atoms. The van der Waals surface area contributed by atoms with Gasteiger partial charge in [-0.2, -0.15) is 0 Å². The molecule has 0 aliphatic heterocycles. The van der Waals surface area contributed by atoms with Crippen LogP contribution < -0.4 is 10.5 Å². The second-order valence-electron chi connectivity index (χ2n) is 3.57. The van der Waals surface area contributed by atoms with E-state index >= 15 is 0 Å². The van der Waals surface area contributed by atoms with Crippen LogP contribution in [0.3, 0.4) is 0 Å². The molecule has 1 aromatic carbocycles. The molecule has 3 nitrogen and oxygen atoms in total. The molecule has 0 heterocycles. The maximum absolute atomic E-state index is 9.46. The predicted molar refractivity (Wildman–Crippen MR) is 60.8 cm³/mol. The Morgan fingerprint density at radius 1 is 1.47 bits per heavy atom. The van der Waals surface area contributed by atoms with Crippen LogP contribution in [0.15, 0.2) is 36.4 Å². The van der Waals surface area contributed by atoms with E-state index in [4.69, 9.17) is 10.5 Å². The van der Waals surface area contributed by atoms with E-state index in [1.54, 1.807) is 0 Å². The van der Waals surface area contributed by atoms with Gasteiger partial charge in [0, 0.05) is 6.54 Å². The largest absolute Gasteiger partial charge is 0.489 e. The van der Waals surface area contributed by atoms with Gasteiger partial charge in [0.1, 0.15) is 12.4 Å². The first-order valence-corrected chi connectivity index (χ1v) is 4.88. The molecule has 0 aliphatic rings. The van der Waals surface area contributed by atoms with Crippen molar-refractivity contribution in [2.75, 3.05) is 13.2 Å². The van der Waals surface area contributed by atoms with E-state index in [0.29, 0.717) is 6.61 Å². The van der Waals surface area contributed by atoms with Crippen LogP contribution in [0.25, 0.3) is 0 Å². The van der Waals surface area contributed by atoms with Gasteiger partial charge in [-0.3, -0.25) is 0 Å². The Morgan fingerprint density at radius 2 is 2.07 bits per heavy atom. The summed E-state index contributed by atoms with van der Waals surface area (Å²) in [5, 5.41) is 9.46. The third-order valence-corrected chi connectivity index (χ3v) is 1.97. The predicted octanol–water partition coefficient (Wildman–Crippen LogP) is 1.63. The van der Waals surface area contributed by atoms with Crippen molar-refractivity contribution < 1.29 is 9.84 Å². The summed E-state index contributed by atoms with van der Waals surface area (Å²) in [5.41, 5.74) is 7.13. The van der Waals surface area contributed by atoms with Crippen LogP contribution >= 0.6 is 0 Å². The summed E-state index contributed by atoms with van der Waals surface area (Å²) in [6.07, 6.45) is -0.597. The molecule has 3 heteroatoms. The number of hydrogen-bond acceptors (Lipinski definition) is 3. The van der Waals surface area contributed by atoms with E-state index in [1.165, 1.54) is 0 Å². The number of hydrogen-bond donors (Lipinski definition) is 2. The van der Waals surface area contributed by atoms with Gasteiger partial charge >= 0.3 is 0 Å². The second kappa shape index (κ2) is 5.53. The van der Waals surface area contributed by atoms with Gasteiger partial charge in [0.25, 0.3) is 0 Å². The molecule has 0 aliphatic carbocycles. The third kappa shape index (κ3) is 3.73. The zero-order chi connectivity index (χ0) is 11.3. The van der Waals surface area contributed by atoms with Crippen LogP contribution in [-0.4, -0.2) is 18.3 Å². The number of benzene rings is 1. The van der Waals surface area contributed by atoms with Gasteiger partial charge in [-0.05, 0) is 30.2 Å². The zero-order valence-corrected chi connectivity index (χ0v) is 8.94. The van der Waals surface area contributed by atoms with Crippen LogP contribution in [0.4, 0.5) is 0 Å². The Morgan fingerprint density at radius 3 is 2.53 bits per heavy atom.